The molecule has 0 saturated carbocycles. The summed E-state index contributed by atoms with van der Waals surface area (Å²) in [7, 11) is -1.84. The molecule has 0 fully saturated rings. The van der Waals surface area contributed by atoms with E-state index in [1.165, 1.54) is 13.0 Å². The molecule has 0 N–H and O–H groups in total. The summed E-state index contributed by atoms with van der Waals surface area (Å²) in [6.07, 6.45) is 3.85. The molecule has 0 amide bonds. The number of hydrogen-bond acceptors (Lipinski definition) is 5. The molecule has 5 nitrogen and oxygen atoms in total. The SMILES string of the molecule is CC(=O)O[C@H](/C=C/C(=O)OC(C)(C)C)CC[C@H](C)O[Si](C)(C)C(C)(C)C. The van der Waals surface area contributed by atoms with E-state index >= 15 is 0 Å². The lowest BCUT2D eigenvalue weighted by atomic mass is 10.1. The van der Waals surface area contributed by atoms with Gasteiger partial charge in [-0.1, -0.05) is 20.8 Å². The molecular formula is C20H38O5Si. The van der Waals surface area contributed by atoms with Gasteiger partial charge in [0, 0.05) is 19.1 Å². The van der Waals surface area contributed by atoms with Crippen molar-refractivity contribution in [1.29, 1.82) is 0 Å². The third kappa shape index (κ3) is 10.8. The molecule has 0 aromatic heterocycles. The van der Waals surface area contributed by atoms with Crippen molar-refractivity contribution < 1.29 is 23.5 Å². The summed E-state index contributed by atoms with van der Waals surface area (Å²) in [6, 6.07) is 0. The number of carbonyl (C=O) groups excluding carboxylic acids is 2. The number of hydrogen-bond donors (Lipinski definition) is 0. The number of ether oxygens (including phenoxy) is 2. The Morgan fingerprint density at radius 2 is 1.58 bits per heavy atom. The summed E-state index contributed by atoms with van der Waals surface area (Å²) in [4.78, 5) is 23.2. The van der Waals surface area contributed by atoms with Gasteiger partial charge in [0.1, 0.15) is 11.7 Å². The lowest BCUT2D eigenvalue weighted by molar-refractivity contribution is -0.149. The Labute approximate surface area is 160 Å². The Kier molecular flexibility index (Phi) is 9.27. The first-order chi connectivity index (χ1) is 11.5. The van der Waals surface area contributed by atoms with Gasteiger partial charge in [-0.25, -0.2) is 4.79 Å². The molecule has 0 aliphatic rings. The molecule has 0 aromatic carbocycles. The Morgan fingerprint density at radius 1 is 1.04 bits per heavy atom. The van der Waals surface area contributed by atoms with Gasteiger partial charge in [-0.05, 0) is 64.7 Å². The second kappa shape index (κ2) is 9.69. The zero-order chi connectivity index (χ0) is 20.8. The highest BCUT2D eigenvalue weighted by molar-refractivity contribution is 6.74. The van der Waals surface area contributed by atoms with Crippen molar-refractivity contribution in [3.63, 3.8) is 0 Å². The first-order valence-electron chi connectivity index (χ1n) is 9.30. The van der Waals surface area contributed by atoms with Crippen LogP contribution in [0.4, 0.5) is 0 Å². The molecule has 0 saturated heterocycles. The molecule has 0 rings (SSSR count). The van der Waals surface area contributed by atoms with Crippen molar-refractivity contribution in [2.75, 3.05) is 0 Å². The van der Waals surface area contributed by atoms with Gasteiger partial charge in [-0.3, -0.25) is 4.79 Å². The molecule has 26 heavy (non-hydrogen) atoms. The maximum atomic E-state index is 11.8. The van der Waals surface area contributed by atoms with Gasteiger partial charge >= 0.3 is 11.9 Å². The van der Waals surface area contributed by atoms with Gasteiger partial charge in [0.05, 0.1) is 0 Å². The van der Waals surface area contributed by atoms with E-state index in [0.29, 0.717) is 6.42 Å². The minimum absolute atomic E-state index is 0.0591. The monoisotopic (exact) mass is 386 g/mol. The summed E-state index contributed by atoms with van der Waals surface area (Å²) in [6.45, 7) is 19.9. The minimum atomic E-state index is -1.84. The van der Waals surface area contributed by atoms with E-state index in [1.807, 2.05) is 27.7 Å². The van der Waals surface area contributed by atoms with Crippen molar-refractivity contribution in [2.24, 2.45) is 0 Å². The molecule has 6 heteroatoms. The lowest BCUT2D eigenvalue weighted by Gasteiger charge is -2.38. The van der Waals surface area contributed by atoms with Crippen molar-refractivity contribution in [1.82, 2.24) is 0 Å². The largest absolute Gasteiger partial charge is 0.458 e. The molecule has 0 aliphatic heterocycles. The summed E-state index contributed by atoms with van der Waals surface area (Å²) in [5.41, 5.74) is -0.552. The quantitative estimate of drug-likeness (QED) is 0.333. The lowest BCUT2D eigenvalue weighted by Crippen LogP contribution is -2.43. The zero-order valence-electron chi connectivity index (χ0n) is 18.3. The highest BCUT2D eigenvalue weighted by Crippen LogP contribution is 2.37. The van der Waals surface area contributed by atoms with Crippen LogP contribution in [0.3, 0.4) is 0 Å². The van der Waals surface area contributed by atoms with Crippen LogP contribution in [0, 0.1) is 0 Å². The van der Waals surface area contributed by atoms with Crippen molar-refractivity contribution in [3.05, 3.63) is 12.2 Å². The molecular weight excluding hydrogens is 348 g/mol. The molecule has 0 aromatic rings. The minimum Gasteiger partial charge on any atom is -0.458 e. The fraction of sp³-hybridized carbons (Fsp3) is 0.800. The van der Waals surface area contributed by atoms with E-state index in [2.05, 4.69) is 33.9 Å². The van der Waals surface area contributed by atoms with Crippen LogP contribution in [0.25, 0.3) is 0 Å². The molecule has 0 heterocycles. The molecule has 152 valence electrons. The second-order valence-electron chi connectivity index (χ2n) is 9.31. The summed E-state index contributed by atoms with van der Waals surface area (Å²) < 4.78 is 16.9. The van der Waals surface area contributed by atoms with Crippen molar-refractivity contribution in [3.8, 4) is 0 Å². The van der Waals surface area contributed by atoms with Crippen molar-refractivity contribution >= 4 is 20.3 Å². The highest BCUT2D eigenvalue weighted by atomic mass is 28.4. The second-order valence-corrected chi connectivity index (χ2v) is 14.1. The normalized spacial score (nSPS) is 15.6. The summed E-state index contributed by atoms with van der Waals surface area (Å²) >= 11 is 0. The van der Waals surface area contributed by atoms with Crippen molar-refractivity contribution in [2.45, 2.75) is 104 Å². The van der Waals surface area contributed by atoms with Gasteiger partial charge in [-0.15, -0.1) is 0 Å². The average molecular weight is 387 g/mol. The smallest absolute Gasteiger partial charge is 0.331 e. The summed E-state index contributed by atoms with van der Waals surface area (Å²) in [5, 5.41) is 0.146. The number of esters is 2. The van der Waals surface area contributed by atoms with E-state index in [9.17, 15) is 9.59 Å². The molecule has 0 aliphatic carbocycles. The topological polar surface area (TPSA) is 61.8 Å². The average Bonchev–Trinajstić information content (AvgIpc) is 2.37. The Hall–Kier alpha value is -1.14. The van der Waals surface area contributed by atoms with Crippen LogP contribution >= 0.6 is 0 Å². The van der Waals surface area contributed by atoms with Gasteiger partial charge in [0.15, 0.2) is 8.32 Å². The molecule has 0 bridgehead atoms. The van der Waals surface area contributed by atoms with E-state index in [1.54, 1.807) is 6.08 Å². The van der Waals surface area contributed by atoms with Crippen LogP contribution in [0.15, 0.2) is 12.2 Å². The zero-order valence-corrected chi connectivity index (χ0v) is 19.3. The van der Waals surface area contributed by atoms with Crippen LogP contribution in [-0.2, 0) is 23.5 Å². The molecule has 0 radical (unpaired) electrons. The fourth-order valence-corrected chi connectivity index (χ4v) is 3.54. The molecule has 0 spiro atoms. The Morgan fingerprint density at radius 3 is 2.00 bits per heavy atom. The maximum Gasteiger partial charge on any atom is 0.331 e. The maximum absolute atomic E-state index is 11.8. The Balaban J connectivity index is 4.77. The number of rotatable bonds is 8. The fourth-order valence-electron chi connectivity index (χ4n) is 2.07. The van der Waals surface area contributed by atoms with Gasteiger partial charge in [0.2, 0.25) is 0 Å². The highest BCUT2D eigenvalue weighted by Gasteiger charge is 2.38. The van der Waals surface area contributed by atoms with Crippen LogP contribution in [0.2, 0.25) is 18.1 Å². The van der Waals surface area contributed by atoms with E-state index in [4.69, 9.17) is 13.9 Å². The van der Waals surface area contributed by atoms with E-state index in [-0.39, 0.29) is 17.1 Å². The Bertz CT molecular complexity index is 497. The van der Waals surface area contributed by atoms with E-state index in [0.717, 1.165) is 6.42 Å². The van der Waals surface area contributed by atoms with E-state index < -0.39 is 26.0 Å². The standard InChI is InChI=1S/C20H38O5Si/c1-15(25-26(9,10)20(6,7)8)11-12-17(23-16(2)21)13-14-18(22)24-19(3,4)5/h13-15,17H,11-12H2,1-10H3/b14-13+/t15-,17-/m0/s1. The predicted octanol–water partition coefficient (Wildman–Crippen LogP) is 5.01. The first-order valence-corrected chi connectivity index (χ1v) is 12.2. The van der Waals surface area contributed by atoms with Gasteiger partial charge in [0.25, 0.3) is 0 Å². The van der Waals surface area contributed by atoms with Crippen LogP contribution in [0.1, 0.15) is 68.2 Å². The number of carbonyl (C=O) groups is 2. The van der Waals surface area contributed by atoms with Crippen LogP contribution < -0.4 is 0 Å². The third-order valence-corrected chi connectivity index (χ3v) is 8.93. The van der Waals surface area contributed by atoms with Crippen LogP contribution in [-0.4, -0.2) is 38.1 Å². The predicted molar refractivity (Wildman–Crippen MR) is 108 cm³/mol. The van der Waals surface area contributed by atoms with Crippen LogP contribution in [0.5, 0.6) is 0 Å². The first kappa shape index (κ1) is 24.9. The summed E-state index contributed by atoms with van der Waals surface area (Å²) in [5.74, 6) is -0.818. The van der Waals surface area contributed by atoms with Gasteiger partial charge < -0.3 is 13.9 Å². The molecule has 0 unspecified atom stereocenters. The van der Waals surface area contributed by atoms with Gasteiger partial charge in [-0.2, -0.15) is 0 Å². The third-order valence-electron chi connectivity index (χ3n) is 4.33. The molecule has 2 atom stereocenters.